The predicted octanol–water partition coefficient (Wildman–Crippen LogP) is 1.62. The second kappa shape index (κ2) is 9.22. The minimum absolute atomic E-state index is 0.0257. The highest BCUT2D eigenvalue weighted by atomic mass is 19.1. The molecule has 0 saturated heterocycles. The summed E-state index contributed by atoms with van der Waals surface area (Å²) in [5.41, 5.74) is 0.538. The molecule has 1 fully saturated rings. The Morgan fingerprint density at radius 1 is 1.25 bits per heavy atom. The Kier molecular flexibility index (Phi) is 6.99. The van der Waals surface area contributed by atoms with E-state index in [1.54, 1.807) is 0 Å². The number of aliphatic hydroxyl groups excluding tert-OH is 1. The molecule has 0 spiro atoms. The molecule has 1 amide bonds. The van der Waals surface area contributed by atoms with Gasteiger partial charge in [0.25, 0.3) is 0 Å². The lowest BCUT2D eigenvalue weighted by Crippen LogP contribution is -2.45. The van der Waals surface area contributed by atoms with Crippen molar-refractivity contribution >= 4 is 17.6 Å². The number of carbonyl (C=O) groups excluding carboxylic acids is 1. The van der Waals surface area contributed by atoms with Gasteiger partial charge in [-0.05, 0) is 56.9 Å². The van der Waals surface area contributed by atoms with Crippen LogP contribution in [0.1, 0.15) is 32.6 Å². The SMILES string of the molecule is CCNC(=NCC(=O)Nc1ccc(F)cc1)NC1CCC(O)CC1. The van der Waals surface area contributed by atoms with Gasteiger partial charge in [-0.15, -0.1) is 0 Å². The van der Waals surface area contributed by atoms with Crippen LogP contribution in [0, 0.1) is 5.82 Å². The van der Waals surface area contributed by atoms with Gasteiger partial charge in [0.2, 0.25) is 5.91 Å². The highest BCUT2D eigenvalue weighted by molar-refractivity contribution is 5.94. The number of hydrogen-bond donors (Lipinski definition) is 4. The second-order valence-electron chi connectivity index (χ2n) is 5.90. The molecular weight excluding hydrogens is 311 g/mol. The van der Waals surface area contributed by atoms with Gasteiger partial charge in [0.15, 0.2) is 5.96 Å². The Hall–Kier alpha value is -2.15. The van der Waals surface area contributed by atoms with Crippen LogP contribution in [0.25, 0.3) is 0 Å². The van der Waals surface area contributed by atoms with Gasteiger partial charge < -0.3 is 21.1 Å². The normalized spacial score (nSPS) is 21.2. The predicted molar refractivity (Wildman–Crippen MR) is 92.4 cm³/mol. The molecular formula is C17H25FN4O2. The minimum atomic E-state index is -0.345. The maximum atomic E-state index is 12.8. The summed E-state index contributed by atoms with van der Waals surface area (Å²) < 4.78 is 12.8. The first-order valence-electron chi connectivity index (χ1n) is 8.35. The van der Waals surface area contributed by atoms with E-state index in [-0.39, 0.29) is 30.4 Å². The zero-order valence-electron chi connectivity index (χ0n) is 13.9. The van der Waals surface area contributed by atoms with E-state index >= 15 is 0 Å². The molecule has 0 atom stereocenters. The van der Waals surface area contributed by atoms with Crippen molar-refractivity contribution in [1.29, 1.82) is 0 Å². The van der Waals surface area contributed by atoms with Crippen LogP contribution >= 0.6 is 0 Å². The largest absolute Gasteiger partial charge is 0.393 e. The summed E-state index contributed by atoms with van der Waals surface area (Å²) in [6, 6.07) is 5.86. The molecule has 0 bridgehead atoms. The van der Waals surface area contributed by atoms with E-state index in [0.717, 1.165) is 25.7 Å². The maximum Gasteiger partial charge on any atom is 0.246 e. The molecule has 6 nitrogen and oxygen atoms in total. The molecule has 132 valence electrons. The summed E-state index contributed by atoms with van der Waals surface area (Å²) >= 11 is 0. The van der Waals surface area contributed by atoms with E-state index in [4.69, 9.17) is 0 Å². The van der Waals surface area contributed by atoms with Gasteiger partial charge >= 0.3 is 0 Å². The summed E-state index contributed by atoms with van der Waals surface area (Å²) in [4.78, 5) is 16.2. The molecule has 1 aromatic carbocycles. The molecule has 1 aliphatic rings. The van der Waals surface area contributed by atoms with Crippen LogP contribution < -0.4 is 16.0 Å². The van der Waals surface area contributed by atoms with Gasteiger partial charge in [-0.1, -0.05) is 0 Å². The number of carbonyl (C=O) groups is 1. The Morgan fingerprint density at radius 2 is 1.92 bits per heavy atom. The van der Waals surface area contributed by atoms with Crippen molar-refractivity contribution in [3.63, 3.8) is 0 Å². The van der Waals surface area contributed by atoms with Crippen molar-refractivity contribution < 1.29 is 14.3 Å². The fraction of sp³-hybridized carbons (Fsp3) is 0.529. The van der Waals surface area contributed by atoms with Crippen molar-refractivity contribution in [2.45, 2.75) is 44.8 Å². The van der Waals surface area contributed by atoms with Crippen molar-refractivity contribution in [2.24, 2.45) is 4.99 Å². The lowest BCUT2D eigenvalue weighted by atomic mass is 9.93. The molecule has 1 aliphatic carbocycles. The molecule has 24 heavy (non-hydrogen) atoms. The monoisotopic (exact) mass is 336 g/mol. The Balaban J connectivity index is 1.85. The maximum absolute atomic E-state index is 12.8. The number of nitrogens with zero attached hydrogens (tertiary/aromatic N) is 1. The lowest BCUT2D eigenvalue weighted by Gasteiger charge is -2.27. The van der Waals surface area contributed by atoms with E-state index in [0.29, 0.717) is 18.2 Å². The number of guanidine groups is 1. The second-order valence-corrected chi connectivity index (χ2v) is 5.90. The van der Waals surface area contributed by atoms with E-state index in [1.807, 2.05) is 6.92 Å². The van der Waals surface area contributed by atoms with Gasteiger partial charge in [0.05, 0.1) is 6.10 Å². The van der Waals surface area contributed by atoms with Crippen molar-refractivity contribution in [2.75, 3.05) is 18.4 Å². The summed E-state index contributed by atoms with van der Waals surface area (Å²) in [5, 5.41) is 18.6. The molecule has 0 aliphatic heterocycles. The van der Waals surface area contributed by atoms with Crippen LogP contribution in [0.2, 0.25) is 0 Å². The third-order valence-corrected chi connectivity index (χ3v) is 3.89. The number of rotatable bonds is 5. The topological polar surface area (TPSA) is 85.8 Å². The van der Waals surface area contributed by atoms with Gasteiger partial charge in [0, 0.05) is 18.3 Å². The van der Waals surface area contributed by atoms with Gasteiger partial charge in [-0.3, -0.25) is 4.79 Å². The summed E-state index contributed by atoms with van der Waals surface area (Å²) in [6.07, 6.45) is 3.12. The Bertz CT molecular complexity index is 554. The summed E-state index contributed by atoms with van der Waals surface area (Å²) in [5.74, 6) is -0.0201. The number of aliphatic hydroxyl groups is 1. The molecule has 0 aromatic heterocycles. The molecule has 0 heterocycles. The van der Waals surface area contributed by atoms with Crippen LogP contribution in [-0.4, -0.2) is 42.2 Å². The number of benzene rings is 1. The van der Waals surface area contributed by atoms with Crippen molar-refractivity contribution in [3.05, 3.63) is 30.1 Å². The van der Waals surface area contributed by atoms with E-state index in [2.05, 4.69) is 20.9 Å². The smallest absolute Gasteiger partial charge is 0.246 e. The average Bonchev–Trinajstić information content (AvgIpc) is 2.57. The first kappa shape index (κ1) is 18.2. The van der Waals surface area contributed by atoms with Crippen molar-refractivity contribution in [3.8, 4) is 0 Å². The molecule has 0 unspecified atom stereocenters. The summed E-state index contributed by atoms with van der Waals surface area (Å²) in [6.45, 7) is 2.63. The van der Waals surface area contributed by atoms with Crippen LogP contribution in [0.5, 0.6) is 0 Å². The van der Waals surface area contributed by atoms with Crippen molar-refractivity contribution in [1.82, 2.24) is 10.6 Å². The molecule has 7 heteroatoms. The summed E-state index contributed by atoms with van der Waals surface area (Å²) in [7, 11) is 0. The van der Waals surface area contributed by atoms with Crippen LogP contribution in [0.3, 0.4) is 0 Å². The molecule has 0 radical (unpaired) electrons. The van der Waals surface area contributed by atoms with Crippen LogP contribution in [0.15, 0.2) is 29.3 Å². The number of anilines is 1. The fourth-order valence-corrected chi connectivity index (χ4v) is 2.62. The van der Waals surface area contributed by atoms with Crippen LogP contribution in [0.4, 0.5) is 10.1 Å². The molecule has 2 rings (SSSR count). The van der Waals surface area contributed by atoms with Gasteiger partial charge in [0.1, 0.15) is 12.4 Å². The van der Waals surface area contributed by atoms with Gasteiger partial charge in [-0.2, -0.15) is 0 Å². The zero-order valence-corrected chi connectivity index (χ0v) is 13.9. The van der Waals surface area contributed by atoms with Crippen LogP contribution in [-0.2, 0) is 4.79 Å². The number of amides is 1. The number of nitrogens with one attached hydrogen (secondary N) is 3. The van der Waals surface area contributed by atoms with E-state index in [9.17, 15) is 14.3 Å². The fourth-order valence-electron chi connectivity index (χ4n) is 2.62. The van der Waals surface area contributed by atoms with E-state index < -0.39 is 0 Å². The first-order chi connectivity index (χ1) is 11.6. The third-order valence-electron chi connectivity index (χ3n) is 3.89. The van der Waals surface area contributed by atoms with Gasteiger partial charge in [-0.25, -0.2) is 9.38 Å². The zero-order chi connectivity index (χ0) is 17.4. The average molecular weight is 336 g/mol. The molecule has 1 aromatic rings. The third kappa shape index (κ3) is 6.16. The number of aliphatic imine (C=N–C) groups is 1. The Labute approximate surface area is 141 Å². The number of hydrogen-bond acceptors (Lipinski definition) is 3. The highest BCUT2D eigenvalue weighted by Gasteiger charge is 2.20. The Morgan fingerprint density at radius 3 is 2.54 bits per heavy atom. The lowest BCUT2D eigenvalue weighted by molar-refractivity contribution is -0.114. The minimum Gasteiger partial charge on any atom is -0.393 e. The number of halogens is 1. The molecule has 4 N–H and O–H groups in total. The van der Waals surface area contributed by atoms with E-state index in [1.165, 1.54) is 24.3 Å². The highest BCUT2D eigenvalue weighted by Crippen LogP contribution is 2.18. The standard InChI is InChI=1S/C17H25FN4O2/c1-2-19-17(22-14-7-9-15(23)10-8-14)20-11-16(24)21-13-5-3-12(18)4-6-13/h3-6,14-15,23H,2,7-11H2,1H3,(H,21,24)(H2,19,20,22). The first-order valence-corrected chi connectivity index (χ1v) is 8.35. The molecule has 1 saturated carbocycles. The quantitative estimate of drug-likeness (QED) is 0.486.